The molecule has 1 saturated heterocycles. The molecule has 1 aromatic heterocycles. The van der Waals surface area contributed by atoms with Crippen molar-refractivity contribution in [3.63, 3.8) is 0 Å². The van der Waals surface area contributed by atoms with Gasteiger partial charge in [0.25, 0.3) is 5.91 Å². The highest BCUT2D eigenvalue weighted by Crippen LogP contribution is 2.35. The van der Waals surface area contributed by atoms with Crippen LogP contribution in [0, 0.1) is 17.0 Å². The number of carbonyl (C=O) groups excluding carboxylic acids is 2. The molecule has 2 heterocycles. The number of nitro groups is 1. The fourth-order valence-corrected chi connectivity index (χ4v) is 4.40. The Labute approximate surface area is 187 Å². The van der Waals surface area contributed by atoms with Gasteiger partial charge in [-0.05, 0) is 30.7 Å². The van der Waals surface area contributed by atoms with Crippen LogP contribution in [0.3, 0.4) is 0 Å². The Bertz CT molecular complexity index is 1210. The van der Waals surface area contributed by atoms with E-state index in [0.717, 1.165) is 17.3 Å². The van der Waals surface area contributed by atoms with E-state index in [2.05, 4.69) is 15.5 Å². The van der Waals surface area contributed by atoms with Crippen LogP contribution in [0.4, 0.5) is 16.5 Å². The van der Waals surface area contributed by atoms with Crippen molar-refractivity contribution in [3.05, 3.63) is 68.7 Å². The van der Waals surface area contributed by atoms with Crippen molar-refractivity contribution < 1.29 is 19.2 Å². The van der Waals surface area contributed by atoms with Crippen LogP contribution in [-0.4, -0.2) is 40.6 Å². The van der Waals surface area contributed by atoms with Gasteiger partial charge >= 0.3 is 5.69 Å². The summed E-state index contributed by atoms with van der Waals surface area (Å²) in [6.07, 6.45) is 0.307. The summed E-state index contributed by atoms with van der Waals surface area (Å²) >= 11 is 1.18. The third kappa shape index (κ3) is 4.14. The first-order valence-corrected chi connectivity index (χ1v) is 10.5. The molecule has 164 valence electrons. The molecule has 11 heteroatoms. The molecule has 1 atom stereocenters. The molecule has 1 unspecified atom stereocenters. The molecule has 1 fully saturated rings. The lowest BCUT2D eigenvalue weighted by Gasteiger charge is -2.18. The molecule has 1 aliphatic rings. The second kappa shape index (κ2) is 8.71. The predicted molar refractivity (Wildman–Crippen MR) is 118 cm³/mol. The molecule has 0 aliphatic carbocycles. The van der Waals surface area contributed by atoms with Gasteiger partial charge in [0.15, 0.2) is 5.75 Å². The molecule has 2 aromatic carbocycles. The lowest BCUT2D eigenvalue weighted by Crippen LogP contribution is -2.25. The Balaban J connectivity index is 1.47. The van der Waals surface area contributed by atoms with E-state index in [1.54, 1.807) is 4.90 Å². The summed E-state index contributed by atoms with van der Waals surface area (Å²) in [6, 6.07) is 11.6. The van der Waals surface area contributed by atoms with Crippen molar-refractivity contribution in [2.24, 2.45) is 0 Å². The highest BCUT2D eigenvalue weighted by atomic mass is 32.1. The molecule has 0 radical (unpaired) electrons. The van der Waals surface area contributed by atoms with Crippen LogP contribution in [0.2, 0.25) is 0 Å². The summed E-state index contributed by atoms with van der Waals surface area (Å²) in [6.45, 7) is 2.44. The number of rotatable bonds is 6. The average molecular weight is 453 g/mol. The van der Waals surface area contributed by atoms with Crippen molar-refractivity contribution in [2.75, 3.05) is 23.9 Å². The van der Waals surface area contributed by atoms with E-state index in [-0.39, 0.29) is 34.0 Å². The second-order valence-electron chi connectivity index (χ2n) is 7.24. The topological polar surface area (TPSA) is 128 Å². The molecule has 1 aliphatic heterocycles. The number of carbonyl (C=O) groups is 2. The zero-order valence-corrected chi connectivity index (χ0v) is 18.1. The maximum atomic E-state index is 12.6. The van der Waals surface area contributed by atoms with Gasteiger partial charge in [-0.3, -0.25) is 25.0 Å². The Morgan fingerprint density at radius 2 is 2.06 bits per heavy atom. The van der Waals surface area contributed by atoms with Gasteiger partial charge in [0.2, 0.25) is 11.0 Å². The molecule has 0 bridgehead atoms. The largest absolute Gasteiger partial charge is 0.490 e. The number of hydrogen-bond donors (Lipinski definition) is 1. The van der Waals surface area contributed by atoms with Gasteiger partial charge in [-0.1, -0.05) is 29.5 Å². The minimum atomic E-state index is -0.615. The van der Waals surface area contributed by atoms with E-state index >= 15 is 0 Å². The normalized spacial score (nSPS) is 15.6. The van der Waals surface area contributed by atoms with E-state index in [9.17, 15) is 19.7 Å². The number of anilines is 2. The van der Waals surface area contributed by atoms with E-state index < -0.39 is 10.8 Å². The molecule has 3 aromatic rings. The summed E-state index contributed by atoms with van der Waals surface area (Å²) in [5.41, 5.74) is 1.68. The number of methoxy groups -OCH3 is 1. The first kappa shape index (κ1) is 21.4. The number of benzene rings is 2. The quantitative estimate of drug-likeness (QED) is 0.447. The van der Waals surface area contributed by atoms with Gasteiger partial charge in [0.05, 0.1) is 12.0 Å². The van der Waals surface area contributed by atoms with Crippen molar-refractivity contribution in [2.45, 2.75) is 19.3 Å². The number of nitro benzene ring substituents is 1. The number of aromatic nitrogens is 2. The summed E-state index contributed by atoms with van der Waals surface area (Å²) in [5, 5.41) is 22.9. The molecule has 1 N–H and O–H groups in total. The number of ether oxygens (including phenoxy) is 1. The molecule has 4 rings (SSSR count). The van der Waals surface area contributed by atoms with Crippen LogP contribution in [0.1, 0.15) is 33.3 Å². The minimum absolute atomic E-state index is 0.00984. The van der Waals surface area contributed by atoms with Crippen molar-refractivity contribution in [1.29, 1.82) is 0 Å². The lowest BCUT2D eigenvalue weighted by atomic mass is 10.1. The monoisotopic (exact) mass is 453 g/mol. The highest BCUT2D eigenvalue weighted by Gasteiger charge is 2.34. The van der Waals surface area contributed by atoms with E-state index in [1.807, 2.05) is 31.2 Å². The molecule has 2 amide bonds. The van der Waals surface area contributed by atoms with Gasteiger partial charge in [-0.2, -0.15) is 0 Å². The summed E-state index contributed by atoms with van der Waals surface area (Å²) in [7, 11) is 1.32. The maximum absolute atomic E-state index is 12.6. The first-order chi connectivity index (χ1) is 15.4. The van der Waals surface area contributed by atoms with Gasteiger partial charge in [0.1, 0.15) is 5.01 Å². The maximum Gasteiger partial charge on any atom is 0.311 e. The molecule has 10 nitrogen and oxygen atoms in total. The van der Waals surface area contributed by atoms with Gasteiger partial charge in [-0.15, -0.1) is 10.2 Å². The minimum Gasteiger partial charge on any atom is -0.490 e. The number of para-hydroxylation sites is 1. The zero-order valence-electron chi connectivity index (χ0n) is 17.3. The van der Waals surface area contributed by atoms with Gasteiger partial charge in [-0.25, -0.2) is 0 Å². The molecule has 0 saturated carbocycles. The molecular weight excluding hydrogens is 434 g/mol. The van der Waals surface area contributed by atoms with E-state index in [4.69, 9.17) is 4.74 Å². The fourth-order valence-electron chi connectivity index (χ4n) is 3.57. The van der Waals surface area contributed by atoms with Crippen molar-refractivity contribution >= 4 is 39.7 Å². The number of amides is 2. The summed E-state index contributed by atoms with van der Waals surface area (Å²) < 4.78 is 4.95. The van der Waals surface area contributed by atoms with Gasteiger partial charge in [0, 0.05) is 36.2 Å². The third-order valence-electron chi connectivity index (χ3n) is 5.18. The molecular formula is C21H19N5O5S. The van der Waals surface area contributed by atoms with Crippen molar-refractivity contribution in [1.82, 2.24) is 10.2 Å². The summed E-state index contributed by atoms with van der Waals surface area (Å²) in [4.78, 5) is 37.4. The van der Waals surface area contributed by atoms with Gasteiger partial charge < -0.3 is 9.64 Å². The SMILES string of the molecule is COc1ccc(C(=O)Nc2nnc(C3CC(=O)N(c4ccccc4C)C3)s2)cc1[N+](=O)[O-]. The molecule has 0 spiro atoms. The fraction of sp³-hybridized carbons (Fsp3) is 0.238. The predicted octanol–water partition coefficient (Wildman–Crippen LogP) is 3.54. The number of nitrogens with one attached hydrogen (secondary N) is 1. The van der Waals surface area contributed by atoms with E-state index in [0.29, 0.717) is 18.0 Å². The highest BCUT2D eigenvalue weighted by molar-refractivity contribution is 7.15. The molecule has 32 heavy (non-hydrogen) atoms. The smallest absolute Gasteiger partial charge is 0.311 e. The van der Waals surface area contributed by atoms with Crippen LogP contribution in [-0.2, 0) is 4.79 Å². The zero-order chi connectivity index (χ0) is 22.8. The number of nitrogens with zero attached hydrogens (tertiary/aromatic N) is 4. The Morgan fingerprint density at radius 1 is 1.28 bits per heavy atom. The van der Waals surface area contributed by atoms with Crippen LogP contribution < -0.4 is 15.0 Å². The first-order valence-electron chi connectivity index (χ1n) is 9.70. The Kier molecular flexibility index (Phi) is 5.82. The Hall–Kier alpha value is -3.86. The van der Waals surface area contributed by atoms with Crippen LogP contribution in [0.5, 0.6) is 5.75 Å². The standard InChI is InChI=1S/C21H19N5O5S/c1-12-5-3-4-6-15(12)25-11-14(10-18(25)27)20-23-24-21(32-20)22-19(28)13-7-8-17(31-2)16(9-13)26(29)30/h3-9,14H,10-11H2,1-2H3,(H,22,24,28). The lowest BCUT2D eigenvalue weighted by molar-refractivity contribution is -0.385. The van der Waals surface area contributed by atoms with Crippen molar-refractivity contribution in [3.8, 4) is 5.75 Å². The van der Waals surface area contributed by atoms with Crippen LogP contribution >= 0.6 is 11.3 Å². The Morgan fingerprint density at radius 3 is 2.78 bits per heavy atom. The third-order valence-corrected chi connectivity index (χ3v) is 6.18. The number of hydrogen-bond acceptors (Lipinski definition) is 8. The van der Waals surface area contributed by atoms with Crippen LogP contribution in [0.25, 0.3) is 0 Å². The van der Waals surface area contributed by atoms with E-state index in [1.165, 1.54) is 30.6 Å². The average Bonchev–Trinajstić information content (AvgIpc) is 3.40. The summed E-state index contributed by atoms with van der Waals surface area (Å²) in [5.74, 6) is -0.612. The second-order valence-corrected chi connectivity index (χ2v) is 8.24. The number of aryl methyl sites for hydroxylation is 1. The van der Waals surface area contributed by atoms with Crippen LogP contribution in [0.15, 0.2) is 42.5 Å².